The molecule has 1 heterocycles. The molecule has 0 aliphatic rings. The van der Waals surface area contributed by atoms with E-state index >= 15 is 0 Å². The van der Waals surface area contributed by atoms with Crippen LogP contribution in [0.3, 0.4) is 0 Å². The summed E-state index contributed by atoms with van der Waals surface area (Å²) in [6, 6.07) is 14.3. The summed E-state index contributed by atoms with van der Waals surface area (Å²) < 4.78 is 7.46. The summed E-state index contributed by atoms with van der Waals surface area (Å²) >= 11 is 0. The second-order valence-electron chi connectivity index (χ2n) is 8.72. The summed E-state index contributed by atoms with van der Waals surface area (Å²) in [6.07, 6.45) is 2.08. The van der Waals surface area contributed by atoms with Crippen molar-refractivity contribution in [3.63, 3.8) is 0 Å². The van der Waals surface area contributed by atoms with Crippen molar-refractivity contribution in [1.29, 1.82) is 0 Å². The number of rotatable bonds is 11. The van der Waals surface area contributed by atoms with Crippen LogP contribution in [-0.4, -0.2) is 37.9 Å². The first-order chi connectivity index (χ1) is 17.2. The van der Waals surface area contributed by atoms with E-state index < -0.39 is 17.7 Å². The van der Waals surface area contributed by atoms with Crippen molar-refractivity contribution in [2.75, 3.05) is 10.6 Å². The van der Waals surface area contributed by atoms with Crippen molar-refractivity contribution in [1.82, 2.24) is 20.5 Å². The highest BCUT2D eigenvalue weighted by molar-refractivity contribution is 6.06. The molecule has 0 saturated carbocycles. The maximum Gasteiger partial charge on any atom is 0.255 e. The molecule has 1 atom stereocenters. The number of carbonyl (C=O) groups excluding carboxylic acids is 3. The van der Waals surface area contributed by atoms with Gasteiger partial charge in [0.15, 0.2) is 0 Å². The minimum absolute atomic E-state index is 0.102. The van der Waals surface area contributed by atoms with Gasteiger partial charge in [0.05, 0.1) is 18.4 Å². The van der Waals surface area contributed by atoms with Gasteiger partial charge in [0.25, 0.3) is 5.91 Å². The number of benzene rings is 2. The molecular weight excluding hydrogens is 464 g/mol. The van der Waals surface area contributed by atoms with Crippen LogP contribution in [0.5, 0.6) is 5.75 Å². The first kappa shape index (κ1) is 26.4. The fourth-order valence-corrected chi connectivity index (χ4v) is 3.51. The highest BCUT2D eigenvalue weighted by atomic mass is 16.5. The van der Waals surface area contributed by atoms with Gasteiger partial charge >= 0.3 is 0 Å². The molecule has 0 aliphatic carbocycles. The number of amides is 3. The lowest BCUT2D eigenvalue weighted by Crippen LogP contribution is -2.37. The summed E-state index contributed by atoms with van der Waals surface area (Å²) in [6.45, 7) is 5.85. The summed E-state index contributed by atoms with van der Waals surface area (Å²) in [7, 11) is 0. The molecule has 0 radical (unpaired) electrons. The third-order valence-corrected chi connectivity index (χ3v) is 5.18. The number of anilines is 2. The SMILES string of the molecule is CC(=O)Nc1ccccc1OCc1cn(Cc2ccc(NC(=O)C(CC(C)C)C(=O)NO)cc2)nn1. The van der Waals surface area contributed by atoms with Gasteiger partial charge in [0.1, 0.15) is 24.0 Å². The number of nitrogens with zero attached hydrogens (tertiary/aromatic N) is 3. The van der Waals surface area contributed by atoms with Gasteiger partial charge in [-0.25, -0.2) is 10.2 Å². The molecule has 0 saturated heterocycles. The largest absolute Gasteiger partial charge is 0.485 e. The first-order valence-electron chi connectivity index (χ1n) is 11.5. The number of hydrogen-bond donors (Lipinski definition) is 4. The molecular formula is C25H30N6O5. The van der Waals surface area contributed by atoms with E-state index in [4.69, 9.17) is 9.94 Å². The van der Waals surface area contributed by atoms with Crippen LogP contribution in [0.2, 0.25) is 0 Å². The summed E-state index contributed by atoms with van der Waals surface area (Å²) in [5.74, 6) is -1.76. The van der Waals surface area contributed by atoms with E-state index in [1.54, 1.807) is 46.7 Å². The van der Waals surface area contributed by atoms with Gasteiger partial charge in [-0.1, -0.05) is 43.3 Å². The standard InChI is InChI=1S/C25H30N6O5/c1-16(2)12-21(25(34)29-35)24(33)27-19-10-8-18(9-11-19)13-31-14-20(28-30-31)15-36-23-7-5-4-6-22(23)26-17(3)32/h4-11,14,16,21,35H,12-13,15H2,1-3H3,(H,26,32)(H,27,33)(H,29,34). The molecule has 1 aromatic heterocycles. The number of ether oxygens (including phenoxy) is 1. The topological polar surface area (TPSA) is 147 Å². The number of hydroxylamine groups is 1. The van der Waals surface area contributed by atoms with E-state index in [1.165, 1.54) is 6.92 Å². The Kier molecular flexibility index (Phi) is 9.12. The number of nitrogens with one attached hydrogen (secondary N) is 3. The molecule has 3 rings (SSSR count). The predicted octanol–water partition coefficient (Wildman–Crippen LogP) is 2.97. The minimum Gasteiger partial charge on any atom is -0.485 e. The molecule has 0 spiro atoms. The Hall–Kier alpha value is -4.25. The van der Waals surface area contributed by atoms with Crippen LogP contribution in [-0.2, 0) is 27.5 Å². The van der Waals surface area contributed by atoms with Gasteiger partial charge in [-0.15, -0.1) is 5.10 Å². The molecule has 11 nitrogen and oxygen atoms in total. The summed E-state index contributed by atoms with van der Waals surface area (Å²) in [5, 5.41) is 22.6. The van der Waals surface area contributed by atoms with Gasteiger partial charge in [-0.3, -0.25) is 19.6 Å². The average molecular weight is 495 g/mol. The van der Waals surface area contributed by atoms with Gasteiger partial charge in [0, 0.05) is 12.6 Å². The Morgan fingerprint density at radius 1 is 1.03 bits per heavy atom. The molecule has 0 fully saturated rings. The van der Waals surface area contributed by atoms with Crippen LogP contribution in [0.25, 0.3) is 0 Å². The Morgan fingerprint density at radius 3 is 2.42 bits per heavy atom. The molecule has 4 N–H and O–H groups in total. The zero-order valence-corrected chi connectivity index (χ0v) is 20.4. The zero-order valence-electron chi connectivity index (χ0n) is 20.4. The maximum atomic E-state index is 12.5. The molecule has 3 amide bonds. The smallest absolute Gasteiger partial charge is 0.255 e. The number of carbonyl (C=O) groups is 3. The molecule has 190 valence electrons. The number of aromatic nitrogens is 3. The second kappa shape index (κ2) is 12.5. The molecule has 11 heteroatoms. The van der Waals surface area contributed by atoms with Crippen molar-refractivity contribution in [3.8, 4) is 5.75 Å². The van der Waals surface area contributed by atoms with Gasteiger partial charge in [0.2, 0.25) is 11.8 Å². The minimum atomic E-state index is -0.990. The fraction of sp³-hybridized carbons (Fsp3) is 0.320. The van der Waals surface area contributed by atoms with Crippen LogP contribution in [0.4, 0.5) is 11.4 Å². The van der Waals surface area contributed by atoms with Crippen LogP contribution in [0, 0.1) is 11.8 Å². The van der Waals surface area contributed by atoms with Crippen molar-refractivity contribution in [2.24, 2.45) is 11.8 Å². The molecule has 2 aromatic carbocycles. The van der Waals surface area contributed by atoms with E-state index in [9.17, 15) is 14.4 Å². The lowest BCUT2D eigenvalue weighted by Gasteiger charge is -2.17. The second-order valence-corrected chi connectivity index (χ2v) is 8.72. The van der Waals surface area contributed by atoms with E-state index in [2.05, 4.69) is 20.9 Å². The Balaban J connectivity index is 1.56. The normalized spacial score (nSPS) is 11.6. The van der Waals surface area contributed by atoms with Crippen molar-refractivity contribution < 1.29 is 24.3 Å². The fourth-order valence-electron chi connectivity index (χ4n) is 3.51. The summed E-state index contributed by atoms with van der Waals surface area (Å²) in [4.78, 5) is 35.7. The van der Waals surface area contributed by atoms with E-state index in [-0.39, 0.29) is 18.4 Å². The molecule has 0 bridgehead atoms. The highest BCUT2D eigenvalue weighted by Gasteiger charge is 2.27. The van der Waals surface area contributed by atoms with Crippen molar-refractivity contribution >= 4 is 29.1 Å². The number of para-hydroxylation sites is 2. The van der Waals surface area contributed by atoms with E-state index in [0.29, 0.717) is 35.8 Å². The van der Waals surface area contributed by atoms with Crippen LogP contribution in [0.15, 0.2) is 54.7 Å². The quantitative estimate of drug-likeness (QED) is 0.182. The van der Waals surface area contributed by atoms with Gasteiger partial charge < -0.3 is 15.4 Å². The maximum absolute atomic E-state index is 12.5. The third kappa shape index (κ3) is 7.64. The monoisotopic (exact) mass is 494 g/mol. The zero-order chi connectivity index (χ0) is 26.1. The van der Waals surface area contributed by atoms with Crippen molar-refractivity contribution in [2.45, 2.75) is 40.3 Å². The van der Waals surface area contributed by atoms with Crippen LogP contribution < -0.4 is 20.9 Å². The predicted molar refractivity (Wildman–Crippen MR) is 132 cm³/mol. The molecule has 3 aromatic rings. The first-order valence-corrected chi connectivity index (χ1v) is 11.5. The Labute approximate surface area is 208 Å². The van der Waals surface area contributed by atoms with Gasteiger partial charge in [-0.2, -0.15) is 0 Å². The van der Waals surface area contributed by atoms with E-state index in [1.807, 2.05) is 32.0 Å². The van der Waals surface area contributed by atoms with Crippen LogP contribution >= 0.6 is 0 Å². The van der Waals surface area contributed by atoms with Crippen molar-refractivity contribution in [3.05, 3.63) is 66.0 Å². The number of hydrogen-bond acceptors (Lipinski definition) is 7. The Morgan fingerprint density at radius 2 is 1.75 bits per heavy atom. The molecule has 36 heavy (non-hydrogen) atoms. The highest BCUT2D eigenvalue weighted by Crippen LogP contribution is 2.24. The third-order valence-electron chi connectivity index (χ3n) is 5.18. The van der Waals surface area contributed by atoms with Crippen LogP contribution in [0.1, 0.15) is 38.4 Å². The van der Waals surface area contributed by atoms with Gasteiger partial charge in [-0.05, 0) is 42.2 Å². The molecule has 0 aliphatic heterocycles. The summed E-state index contributed by atoms with van der Waals surface area (Å²) in [5.41, 5.74) is 4.22. The van der Waals surface area contributed by atoms with E-state index in [0.717, 1.165) is 5.56 Å². The lowest BCUT2D eigenvalue weighted by molar-refractivity contribution is -0.139. The lowest BCUT2D eigenvalue weighted by atomic mass is 9.95. The molecule has 1 unspecified atom stereocenters. The Bertz CT molecular complexity index is 1190. The average Bonchev–Trinajstić information content (AvgIpc) is 3.29.